The van der Waals surface area contributed by atoms with Crippen molar-refractivity contribution in [3.8, 4) is 0 Å². The fourth-order valence-corrected chi connectivity index (χ4v) is 2.10. The molecule has 1 rings (SSSR count). The zero-order valence-electron chi connectivity index (χ0n) is 14.2. The van der Waals surface area contributed by atoms with Crippen LogP contribution >= 0.6 is 0 Å². The summed E-state index contributed by atoms with van der Waals surface area (Å²) in [5.74, 6) is -0.442. The maximum absolute atomic E-state index is 12.7. The lowest BCUT2D eigenvalue weighted by molar-refractivity contribution is -0.902. The van der Waals surface area contributed by atoms with Gasteiger partial charge < -0.3 is 9.47 Å². The van der Waals surface area contributed by atoms with Crippen LogP contribution in [0.4, 0.5) is 9.18 Å². The summed E-state index contributed by atoms with van der Waals surface area (Å²) in [6.07, 6.45) is 0.816. The van der Waals surface area contributed by atoms with Gasteiger partial charge in [-0.25, -0.2) is 9.59 Å². The second-order valence-corrected chi connectivity index (χ2v) is 7.28. The Kier molecular flexibility index (Phi) is 6.17. The molecule has 7 heteroatoms. The third kappa shape index (κ3) is 5.79. The number of esters is 1. The number of likely N-dealkylation sites (N-methyl/N-ethyl adjacent to an activating group) is 1. The molecule has 0 aromatic heterocycles. The van der Waals surface area contributed by atoms with Crippen LogP contribution in [0.5, 0.6) is 0 Å². The Hall–Kier alpha value is -1.37. The molecule has 0 spiro atoms. The lowest BCUT2D eigenvalue weighted by atomic mass is 10.2. The summed E-state index contributed by atoms with van der Waals surface area (Å²) in [4.78, 5) is 25.6. The number of nitrogens with zero attached hydrogens (tertiary/aromatic N) is 2. The molecule has 1 atom stereocenters. The third-order valence-corrected chi connectivity index (χ3v) is 3.42. The van der Waals surface area contributed by atoms with E-state index in [-0.39, 0.29) is 11.1 Å². The number of ether oxygens (including phenoxy) is 2. The number of likely N-dealkylation sites (tertiary alicyclic amines) is 1. The van der Waals surface area contributed by atoms with Gasteiger partial charge in [0.05, 0.1) is 14.1 Å². The van der Waals surface area contributed by atoms with Crippen molar-refractivity contribution in [2.45, 2.75) is 45.3 Å². The van der Waals surface area contributed by atoms with Crippen LogP contribution in [-0.4, -0.2) is 73.7 Å². The van der Waals surface area contributed by atoms with Crippen molar-refractivity contribution in [2.24, 2.45) is 0 Å². The zero-order chi connectivity index (χ0) is 17.0. The van der Waals surface area contributed by atoms with Gasteiger partial charge in [-0.2, -0.15) is 4.39 Å². The van der Waals surface area contributed by atoms with E-state index in [1.807, 2.05) is 0 Å². The van der Waals surface area contributed by atoms with Crippen molar-refractivity contribution in [2.75, 3.05) is 40.6 Å². The maximum atomic E-state index is 12.7. The molecule has 1 amide bonds. The van der Waals surface area contributed by atoms with Gasteiger partial charge in [0.25, 0.3) is 0 Å². The molecule has 6 nitrogen and oxygen atoms in total. The van der Waals surface area contributed by atoms with E-state index >= 15 is 0 Å². The van der Waals surface area contributed by atoms with E-state index in [2.05, 4.69) is 0 Å². The molecule has 0 aromatic rings. The highest BCUT2D eigenvalue weighted by Crippen LogP contribution is 2.21. The van der Waals surface area contributed by atoms with Gasteiger partial charge in [-0.3, -0.25) is 9.38 Å². The number of carbonyl (C=O) groups is 2. The number of hydrogen-bond acceptors (Lipinski definition) is 4. The van der Waals surface area contributed by atoms with Crippen LogP contribution < -0.4 is 0 Å². The number of rotatable bonds is 5. The van der Waals surface area contributed by atoms with Crippen molar-refractivity contribution < 1.29 is 27.9 Å². The van der Waals surface area contributed by atoms with Gasteiger partial charge in [-0.1, -0.05) is 0 Å². The van der Waals surface area contributed by atoms with Crippen molar-refractivity contribution in [1.82, 2.24) is 4.90 Å². The van der Waals surface area contributed by atoms with Gasteiger partial charge >= 0.3 is 12.1 Å². The second kappa shape index (κ2) is 7.26. The smallest absolute Gasteiger partial charge is 0.411 e. The maximum Gasteiger partial charge on any atom is 0.411 e. The summed E-state index contributed by atoms with van der Waals surface area (Å²) in [6, 6.07) is -0.601. The predicted molar refractivity (Wildman–Crippen MR) is 79.9 cm³/mol. The summed E-state index contributed by atoms with van der Waals surface area (Å²) >= 11 is 0. The molecule has 1 heterocycles. The summed E-state index contributed by atoms with van der Waals surface area (Å²) in [6.45, 7) is 5.84. The summed E-state index contributed by atoms with van der Waals surface area (Å²) in [5.41, 5.74) is -0.600. The molecule has 0 bridgehead atoms. The zero-order valence-corrected chi connectivity index (χ0v) is 14.2. The van der Waals surface area contributed by atoms with Crippen molar-refractivity contribution in [3.05, 3.63) is 0 Å². The molecular weight excluding hydrogens is 291 g/mol. The van der Waals surface area contributed by atoms with Crippen LogP contribution in [0.2, 0.25) is 0 Å². The lowest BCUT2D eigenvalue weighted by Crippen LogP contribution is -2.45. The van der Waals surface area contributed by atoms with Gasteiger partial charge in [0.2, 0.25) is 6.80 Å². The first kappa shape index (κ1) is 18.7. The van der Waals surface area contributed by atoms with Crippen LogP contribution in [0.15, 0.2) is 0 Å². The molecule has 0 aliphatic carbocycles. The number of alkyl halides is 1. The monoisotopic (exact) mass is 319 g/mol. The topological polar surface area (TPSA) is 55.8 Å². The first-order chi connectivity index (χ1) is 10.1. The van der Waals surface area contributed by atoms with Crippen molar-refractivity contribution in [1.29, 1.82) is 0 Å². The molecule has 128 valence electrons. The highest BCUT2D eigenvalue weighted by molar-refractivity contribution is 5.82. The number of carbonyl (C=O) groups excluding carboxylic acids is 2. The van der Waals surface area contributed by atoms with E-state index < -0.39 is 30.5 Å². The fraction of sp³-hybridized carbons (Fsp3) is 0.867. The van der Waals surface area contributed by atoms with E-state index in [0.29, 0.717) is 19.5 Å². The second-order valence-electron chi connectivity index (χ2n) is 7.28. The third-order valence-electron chi connectivity index (χ3n) is 3.42. The Morgan fingerprint density at radius 3 is 2.50 bits per heavy atom. The Morgan fingerprint density at radius 1 is 1.32 bits per heavy atom. The molecule has 1 unspecified atom stereocenters. The Bertz CT molecular complexity index is 407. The standard InChI is InChI=1S/C15H28FN2O4/c1-15(2,3)22-14(20)17-8-6-7-12(17)13(19)21-10-9-18(4,5)11-16/h12H,6-11H2,1-5H3/q+1. The minimum Gasteiger partial charge on any atom is -0.458 e. The molecule has 1 saturated heterocycles. The van der Waals surface area contributed by atoms with E-state index in [1.54, 1.807) is 34.9 Å². The van der Waals surface area contributed by atoms with Gasteiger partial charge in [-0.05, 0) is 33.6 Å². The van der Waals surface area contributed by atoms with Gasteiger partial charge in [0.1, 0.15) is 24.8 Å². The molecular formula is C15H28FN2O4+. The van der Waals surface area contributed by atoms with Crippen LogP contribution in [0.25, 0.3) is 0 Å². The fourth-order valence-electron chi connectivity index (χ4n) is 2.10. The average molecular weight is 319 g/mol. The first-order valence-electron chi connectivity index (χ1n) is 7.60. The van der Waals surface area contributed by atoms with Crippen molar-refractivity contribution >= 4 is 12.1 Å². The molecule has 0 saturated carbocycles. The molecule has 1 aliphatic rings. The SMILES string of the molecule is CC(C)(C)OC(=O)N1CCCC1C(=O)OCC[N+](C)(C)CF. The molecule has 0 N–H and O–H groups in total. The number of halogens is 1. The average Bonchev–Trinajstić information content (AvgIpc) is 2.85. The number of quaternary nitrogens is 1. The summed E-state index contributed by atoms with van der Waals surface area (Å²) in [5, 5.41) is 0. The first-order valence-corrected chi connectivity index (χ1v) is 7.60. The highest BCUT2D eigenvalue weighted by Gasteiger charge is 2.37. The summed E-state index contributed by atoms with van der Waals surface area (Å²) in [7, 11) is 3.44. The van der Waals surface area contributed by atoms with Crippen LogP contribution in [0.3, 0.4) is 0 Å². The van der Waals surface area contributed by atoms with E-state index in [4.69, 9.17) is 9.47 Å². The quantitative estimate of drug-likeness (QED) is 0.441. The van der Waals surface area contributed by atoms with Crippen LogP contribution in [0.1, 0.15) is 33.6 Å². The Morgan fingerprint density at radius 2 is 1.95 bits per heavy atom. The number of hydrogen-bond donors (Lipinski definition) is 0. The van der Waals surface area contributed by atoms with E-state index in [0.717, 1.165) is 6.42 Å². The van der Waals surface area contributed by atoms with Crippen LogP contribution in [0, 0.1) is 0 Å². The minimum absolute atomic E-state index is 0.133. The number of amides is 1. The molecule has 22 heavy (non-hydrogen) atoms. The largest absolute Gasteiger partial charge is 0.458 e. The predicted octanol–water partition coefficient (Wildman–Crippen LogP) is 1.93. The van der Waals surface area contributed by atoms with Gasteiger partial charge in [0.15, 0.2) is 0 Å². The van der Waals surface area contributed by atoms with Crippen molar-refractivity contribution in [3.63, 3.8) is 0 Å². The molecule has 0 radical (unpaired) electrons. The Balaban J connectivity index is 2.52. The lowest BCUT2D eigenvalue weighted by Gasteiger charge is -2.28. The minimum atomic E-state index is -0.601. The van der Waals surface area contributed by atoms with E-state index in [9.17, 15) is 14.0 Å². The Labute approximate surface area is 131 Å². The summed E-state index contributed by atoms with van der Waals surface area (Å²) < 4.78 is 23.3. The van der Waals surface area contributed by atoms with Gasteiger partial charge in [-0.15, -0.1) is 0 Å². The normalized spacial score (nSPS) is 19.2. The van der Waals surface area contributed by atoms with Crippen LogP contribution in [-0.2, 0) is 14.3 Å². The van der Waals surface area contributed by atoms with E-state index in [1.165, 1.54) is 4.90 Å². The molecule has 1 fully saturated rings. The highest BCUT2D eigenvalue weighted by atomic mass is 19.1. The van der Waals surface area contributed by atoms with Gasteiger partial charge in [0, 0.05) is 6.54 Å². The molecule has 0 aromatic carbocycles. The molecule has 1 aliphatic heterocycles.